The van der Waals surface area contributed by atoms with E-state index < -0.39 is 0 Å². The molecule has 1 aliphatic carbocycles. The molecule has 3 heteroatoms. The van der Waals surface area contributed by atoms with Crippen LogP contribution in [-0.4, -0.2) is 36.5 Å². The van der Waals surface area contributed by atoms with Crippen LogP contribution in [0.4, 0.5) is 0 Å². The van der Waals surface area contributed by atoms with E-state index in [4.69, 9.17) is 9.47 Å². The third kappa shape index (κ3) is 1.71. The van der Waals surface area contributed by atoms with Crippen LogP contribution in [0.1, 0.15) is 42.9 Å². The molecule has 3 aliphatic heterocycles. The predicted molar refractivity (Wildman–Crippen MR) is 80.0 cm³/mol. The molecular formula is C18H23NO2. The first kappa shape index (κ1) is 12.6. The predicted octanol–water partition coefficient (Wildman–Crippen LogP) is 2.90. The van der Waals surface area contributed by atoms with Crippen LogP contribution in [0.5, 0.6) is 0 Å². The van der Waals surface area contributed by atoms with E-state index in [1.807, 2.05) is 0 Å². The van der Waals surface area contributed by atoms with Crippen LogP contribution in [0.2, 0.25) is 0 Å². The van der Waals surface area contributed by atoms with Crippen molar-refractivity contribution < 1.29 is 9.47 Å². The van der Waals surface area contributed by atoms with Crippen LogP contribution >= 0.6 is 0 Å². The molecule has 3 unspecified atom stereocenters. The number of benzene rings is 1. The Labute approximate surface area is 126 Å². The van der Waals surface area contributed by atoms with Crippen molar-refractivity contribution in [1.29, 1.82) is 0 Å². The Morgan fingerprint density at radius 3 is 2.86 bits per heavy atom. The fraction of sp³-hybridized carbons (Fsp3) is 0.667. The van der Waals surface area contributed by atoms with E-state index >= 15 is 0 Å². The van der Waals surface area contributed by atoms with Gasteiger partial charge in [0.2, 0.25) is 0 Å². The minimum Gasteiger partial charge on any atom is -0.347 e. The second-order valence-electron chi connectivity index (χ2n) is 7.02. The Hall–Kier alpha value is -0.900. The van der Waals surface area contributed by atoms with Crippen LogP contribution < -0.4 is 0 Å². The van der Waals surface area contributed by atoms with E-state index in [2.05, 4.69) is 29.2 Å². The summed E-state index contributed by atoms with van der Waals surface area (Å²) in [7, 11) is 0. The van der Waals surface area contributed by atoms with Crippen molar-refractivity contribution >= 4 is 0 Å². The summed E-state index contributed by atoms with van der Waals surface area (Å²) in [5, 5.41) is 0. The summed E-state index contributed by atoms with van der Waals surface area (Å²) >= 11 is 0. The summed E-state index contributed by atoms with van der Waals surface area (Å²) in [5.41, 5.74) is 3.05. The molecule has 3 heterocycles. The van der Waals surface area contributed by atoms with Gasteiger partial charge in [-0.2, -0.15) is 0 Å². The quantitative estimate of drug-likeness (QED) is 0.731. The Balaban J connectivity index is 1.59. The maximum atomic E-state index is 6.21. The molecular weight excluding hydrogens is 262 g/mol. The molecule has 0 radical (unpaired) electrons. The highest BCUT2D eigenvalue weighted by atomic mass is 16.7. The summed E-state index contributed by atoms with van der Waals surface area (Å²) in [6.07, 6.45) is 6.14. The molecule has 3 atom stereocenters. The number of ether oxygens (including phenoxy) is 2. The van der Waals surface area contributed by atoms with E-state index in [1.165, 1.54) is 43.4 Å². The molecule has 0 aromatic heterocycles. The third-order valence-corrected chi connectivity index (χ3v) is 6.18. The van der Waals surface area contributed by atoms with E-state index in [1.54, 1.807) is 0 Å². The number of hydrogen-bond acceptors (Lipinski definition) is 3. The largest absolute Gasteiger partial charge is 0.347 e. The molecule has 1 aromatic carbocycles. The van der Waals surface area contributed by atoms with Gasteiger partial charge in [0.25, 0.3) is 0 Å². The number of fused-ring (bicyclic) bond motifs is 6. The van der Waals surface area contributed by atoms with Gasteiger partial charge in [-0.05, 0) is 30.4 Å². The Kier molecular flexibility index (Phi) is 2.73. The molecule has 112 valence electrons. The highest BCUT2D eigenvalue weighted by Gasteiger charge is 2.57. The van der Waals surface area contributed by atoms with E-state index in [9.17, 15) is 0 Å². The number of nitrogens with zero attached hydrogens (tertiary/aromatic N) is 1. The molecule has 1 spiro atoms. The Morgan fingerprint density at radius 2 is 1.95 bits per heavy atom. The zero-order chi connectivity index (χ0) is 13.9. The topological polar surface area (TPSA) is 21.7 Å². The SMILES string of the molecule is c1ccc2c(c1)CCN1C2CC2(OCCO2)C2CCCC21. The van der Waals surface area contributed by atoms with Crippen molar-refractivity contribution in [2.24, 2.45) is 5.92 Å². The maximum Gasteiger partial charge on any atom is 0.174 e. The molecule has 21 heavy (non-hydrogen) atoms. The van der Waals surface area contributed by atoms with Gasteiger partial charge in [-0.3, -0.25) is 4.90 Å². The van der Waals surface area contributed by atoms with Crippen LogP contribution in [0.25, 0.3) is 0 Å². The van der Waals surface area contributed by atoms with Gasteiger partial charge in [-0.25, -0.2) is 0 Å². The molecule has 5 rings (SSSR count). The van der Waals surface area contributed by atoms with Crippen molar-refractivity contribution in [2.75, 3.05) is 19.8 Å². The number of piperidine rings is 1. The molecule has 2 saturated heterocycles. The zero-order valence-corrected chi connectivity index (χ0v) is 12.5. The summed E-state index contributed by atoms with van der Waals surface area (Å²) < 4.78 is 12.4. The Bertz CT molecular complexity index is 552. The first-order valence-corrected chi connectivity index (χ1v) is 8.49. The molecule has 1 saturated carbocycles. The first-order chi connectivity index (χ1) is 10.4. The van der Waals surface area contributed by atoms with Crippen LogP contribution in [0, 0.1) is 5.92 Å². The van der Waals surface area contributed by atoms with Gasteiger partial charge in [-0.1, -0.05) is 30.7 Å². The smallest absolute Gasteiger partial charge is 0.174 e. The van der Waals surface area contributed by atoms with E-state index in [-0.39, 0.29) is 5.79 Å². The highest BCUT2D eigenvalue weighted by Crippen LogP contribution is 2.54. The van der Waals surface area contributed by atoms with E-state index in [0.717, 1.165) is 19.6 Å². The number of hydrogen-bond donors (Lipinski definition) is 0. The highest BCUT2D eigenvalue weighted by molar-refractivity contribution is 5.34. The fourth-order valence-electron chi connectivity index (χ4n) is 5.37. The van der Waals surface area contributed by atoms with Gasteiger partial charge >= 0.3 is 0 Å². The normalized spacial score (nSPS) is 37.2. The lowest BCUT2D eigenvalue weighted by molar-refractivity contribution is -0.243. The minimum atomic E-state index is -0.285. The fourth-order valence-corrected chi connectivity index (χ4v) is 5.37. The molecule has 0 amide bonds. The van der Waals surface area contributed by atoms with E-state index in [0.29, 0.717) is 18.0 Å². The van der Waals surface area contributed by atoms with Gasteiger partial charge in [0.1, 0.15) is 0 Å². The van der Waals surface area contributed by atoms with Crippen LogP contribution in [0.3, 0.4) is 0 Å². The lowest BCUT2D eigenvalue weighted by Crippen LogP contribution is -2.58. The molecule has 4 aliphatic rings. The monoisotopic (exact) mass is 285 g/mol. The summed E-state index contributed by atoms with van der Waals surface area (Å²) in [5.74, 6) is 0.300. The second-order valence-corrected chi connectivity index (χ2v) is 7.02. The lowest BCUT2D eigenvalue weighted by atomic mass is 9.76. The first-order valence-electron chi connectivity index (χ1n) is 8.49. The van der Waals surface area contributed by atoms with Crippen molar-refractivity contribution in [3.8, 4) is 0 Å². The molecule has 1 aromatic rings. The molecule has 3 nitrogen and oxygen atoms in total. The van der Waals surface area contributed by atoms with Gasteiger partial charge in [0.15, 0.2) is 5.79 Å². The van der Waals surface area contributed by atoms with Crippen LogP contribution in [0.15, 0.2) is 24.3 Å². The average Bonchev–Trinajstić information content (AvgIpc) is 3.17. The molecule has 0 N–H and O–H groups in total. The Morgan fingerprint density at radius 1 is 1.10 bits per heavy atom. The minimum absolute atomic E-state index is 0.285. The van der Waals surface area contributed by atoms with Crippen molar-refractivity contribution in [3.05, 3.63) is 35.4 Å². The lowest BCUT2D eigenvalue weighted by Gasteiger charge is -2.53. The summed E-state index contributed by atoms with van der Waals surface area (Å²) in [6, 6.07) is 10.1. The van der Waals surface area contributed by atoms with Crippen molar-refractivity contribution in [3.63, 3.8) is 0 Å². The van der Waals surface area contributed by atoms with Gasteiger partial charge in [-0.15, -0.1) is 0 Å². The molecule has 3 fully saturated rings. The summed E-state index contributed by atoms with van der Waals surface area (Å²) in [4.78, 5) is 2.77. The zero-order valence-electron chi connectivity index (χ0n) is 12.5. The van der Waals surface area contributed by atoms with Gasteiger partial charge < -0.3 is 9.47 Å². The standard InChI is InChI=1S/C18H23NO2/c1-2-5-14-13(4-1)8-9-19-16-7-3-6-15(16)18(12-17(14)19)20-10-11-21-18/h1-2,4-5,15-17H,3,6-12H2. The van der Waals surface area contributed by atoms with Gasteiger partial charge in [0, 0.05) is 31.0 Å². The summed E-state index contributed by atoms with van der Waals surface area (Å²) in [6.45, 7) is 2.76. The third-order valence-electron chi connectivity index (χ3n) is 6.18. The van der Waals surface area contributed by atoms with Crippen LogP contribution in [-0.2, 0) is 15.9 Å². The maximum absolute atomic E-state index is 6.21. The average molecular weight is 285 g/mol. The van der Waals surface area contributed by atoms with Crippen molar-refractivity contribution in [2.45, 2.75) is 50.0 Å². The van der Waals surface area contributed by atoms with Crippen molar-refractivity contribution in [1.82, 2.24) is 4.90 Å². The second kappa shape index (κ2) is 4.55. The molecule has 0 bridgehead atoms. The number of rotatable bonds is 0. The van der Waals surface area contributed by atoms with Gasteiger partial charge in [0.05, 0.1) is 13.2 Å².